The number of hydrogen-bond acceptors (Lipinski definition) is 4. The van der Waals surface area contributed by atoms with Crippen LogP contribution in [-0.2, 0) is 18.3 Å². The van der Waals surface area contributed by atoms with Gasteiger partial charge in [0.1, 0.15) is 5.75 Å². The van der Waals surface area contributed by atoms with Gasteiger partial charge >= 0.3 is 0 Å². The van der Waals surface area contributed by atoms with Gasteiger partial charge in [-0.05, 0) is 57.2 Å². The van der Waals surface area contributed by atoms with Crippen LogP contribution >= 0.6 is 0 Å². The summed E-state index contributed by atoms with van der Waals surface area (Å²) in [4.78, 5) is 12.3. The number of fused-ring (bicyclic) bond motifs is 1. The molecule has 0 saturated heterocycles. The van der Waals surface area contributed by atoms with Gasteiger partial charge in [0.15, 0.2) is 6.10 Å². The molecule has 1 aromatic carbocycles. The third-order valence-corrected chi connectivity index (χ3v) is 4.73. The predicted octanol–water partition coefficient (Wildman–Crippen LogP) is 2.66. The fourth-order valence-electron chi connectivity index (χ4n) is 2.98. The largest absolute Gasteiger partial charge is 0.481 e. The van der Waals surface area contributed by atoms with E-state index in [1.54, 1.807) is 6.92 Å². The van der Waals surface area contributed by atoms with Gasteiger partial charge < -0.3 is 4.74 Å². The summed E-state index contributed by atoms with van der Waals surface area (Å²) in [5.74, 6) is 0.465. The van der Waals surface area contributed by atoms with Gasteiger partial charge in [0, 0.05) is 18.3 Å². The molecule has 1 aliphatic carbocycles. The van der Waals surface area contributed by atoms with E-state index in [-0.39, 0.29) is 5.91 Å². The maximum Gasteiger partial charge on any atom is 0.280 e. The first-order chi connectivity index (χ1) is 12.0. The molecule has 3 rings (SSSR count). The molecule has 6 heteroatoms. The van der Waals surface area contributed by atoms with E-state index in [1.165, 1.54) is 5.69 Å². The van der Waals surface area contributed by atoms with Gasteiger partial charge in [-0.25, -0.2) is 5.43 Å². The number of hydrogen-bond donors (Lipinski definition) is 1. The Kier molecular flexibility index (Phi) is 4.88. The maximum absolute atomic E-state index is 12.3. The molecule has 25 heavy (non-hydrogen) atoms. The Hall–Kier alpha value is -2.63. The van der Waals surface area contributed by atoms with E-state index in [4.69, 9.17) is 4.74 Å². The van der Waals surface area contributed by atoms with Gasteiger partial charge in [0.05, 0.1) is 11.9 Å². The lowest BCUT2D eigenvalue weighted by Crippen LogP contribution is -2.34. The van der Waals surface area contributed by atoms with Crippen molar-refractivity contribution < 1.29 is 9.53 Å². The van der Waals surface area contributed by atoms with Crippen LogP contribution in [0.1, 0.15) is 42.1 Å². The number of aromatic nitrogens is 2. The van der Waals surface area contributed by atoms with Crippen molar-refractivity contribution in [3.8, 4) is 5.75 Å². The van der Waals surface area contributed by atoms with Crippen molar-refractivity contribution in [3.63, 3.8) is 0 Å². The molecule has 1 aromatic heterocycles. The molecule has 0 fully saturated rings. The molecule has 0 bridgehead atoms. The summed E-state index contributed by atoms with van der Waals surface area (Å²) >= 11 is 0. The first kappa shape index (κ1) is 17.2. The standard InChI is InChI=1S/C19H24N4O2/c1-12-7-5-10-18(13(12)2)25-14(3)19(24)22-21-16-8-6-9-17-15(16)11-20-23(17)4/h5,7,10-11,14H,6,8-9H2,1-4H3,(H,22,24). The van der Waals surface area contributed by atoms with E-state index >= 15 is 0 Å². The lowest BCUT2D eigenvalue weighted by atomic mass is 9.96. The van der Waals surface area contributed by atoms with E-state index in [0.717, 1.165) is 47.4 Å². The first-order valence-electron chi connectivity index (χ1n) is 8.58. The van der Waals surface area contributed by atoms with E-state index in [2.05, 4.69) is 15.6 Å². The third kappa shape index (κ3) is 3.57. The molecule has 1 unspecified atom stereocenters. The zero-order chi connectivity index (χ0) is 18.0. The Bertz CT molecular complexity index is 823. The molecule has 1 heterocycles. The van der Waals surface area contributed by atoms with Crippen molar-refractivity contribution >= 4 is 11.6 Å². The van der Waals surface area contributed by atoms with Crippen molar-refractivity contribution in [2.24, 2.45) is 12.1 Å². The van der Waals surface area contributed by atoms with Crippen LogP contribution in [0.25, 0.3) is 0 Å². The molecule has 1 aliphatic rings. The summed E-state index contributed by atoms with van der Waals surface area (Å²) in [5.41, 5.74) is 7.89. The Morgan fingerprint density at radius 1 is 1.36 bits per heavy atom. The smallest absolute Gasteiger partial charge is 0.280 e. The molecule has 132 valence electrons. The number of benzene rings is 1. The molecule has 1 atom stereocenters. The maximum atomic E-state index is 12.3. The fraction of sp³-hybridized carbons (Fsp3) is 0.421. The molecular formula is C19H24N4O2. The number of hydrazone groups is 1. The first-order valence-corrected chi connectivity index (χ1v) is 8.58. The molecule has 1 amide bonds. The van der Waals surface area contributed by atoms with Crippen molar-refractivity contribution in [2.75, 3.05) is 0 Å². The summed E-state index contributed by atoms with van der Waals surface area (Å²) in [5, 5.41) is 8.61. The predicted molar refractivity (Wildman–Crippen MR) is 96.8 cm³/mol. The molecule has 1 N–H and O–H groups in total. The number of amides is 1. The lowest BCUT2D eigenvalue weighted by Gasteiger charge is -2.17. The van der Waals surface area contributed by atoms with Crippen LogP contribution < -0.4 is 10.2 Å². The number of carbonyl (C=O) groups excluding carboxylic acids is 1. The summed E-state index contributed by atoms with van der Waals surface area (Å²) in [7, 11) is 1.93. The summed E-state index contributed by atoms with van der Waals surface area (Å²) in [6.45, 7) is 5.74. The second-order valence-electron chi connectivity index (χ2n) is 6.47. The topological polar surface area (TPSA) is 68.5 Å². The van der Waals surface area contributed by atoms with Crippen LogP contribution in [0.4, 0.5) is 0 Å². The highest BCUT2D eigenvalue weighted by Gasteiger charge is 2.21. The summed E-state index contributed by atoms with van der Waals surface area (Å²) in [6.07, 6.45) is 4.03. The van der Waals surface area contributed by atoms with Gasteiger partial charge in [-0.2, -0.15) is 10.2 Å². The van der Waals surface area contributed by atoms with Gasteiger partial charge in [-0.3, -0.25) is 9.48 Å². The summed E-state index contributed by atoms with van der Waals surface area (Å²) in [6, 6.07) is 5.82. The number of nitrogens with zero attached hydrogens (tertiary/aromatic N) is 3. The van der Waals surface area contributed by atoms with Gasteiger partial charge in [0.2, 0.25) is 0 Å². The highest BCUT2D eigenvalue weighted by atomic mass is 16.5. The molecule has 0 aliphatic heterocycles. The molecule has 0 radical (unpaired) electrons. The zero-order valence-electron chi connectivity index (χ0n) is 15.2. The fourth-order valence-corrected chi connectivity index (χ4v) is 2.98. The van der Waals surface area contributed by atoms with Crippen molar-refractivity contribution in [1.82, 2.24) is 15.2 Å². The average molecular weight is 340 g/mol. The van der Waals surface area contributed by atoms with E-state index in [0.29, 0.717) is 0 Å². The third-order valence-electron chi connectivity index (χ3n) is 4.73. The molecular weight excluding hydrogens is 316 g/mol. The Morgan fingerprint density at radius 3 is 2.96 bits per heavy atom. The highest BCUT2D eigenvalue weighted by molar-refractivity contribution is 6.02. The normalized spacial score (nSPS) is 16.4. The van der Waals surface area contributed by atoms with Crippen LogP contribution in [0.15, 0.2) is 29.5 Å². The highest BCUT2D eigenvalue weighted by Crippen LogP contribution is 2.22. The summed E-state index contributed by atoms with van der Waals surface area (Å²) < 4.78 is 7.68. The Morgan fingerprint density at radius 2 is 2.16 bits per heavy atom. The quantitative estimate of drug-likeness (QED) is 0.870. The molecule has 0 saturated carbocycles. The van der Waals surface area contributed by atoms with Gasteiger partial charge in [-0.15, -0.1) is 0 Å². The Balaban J connectivity index is 1.67. The van der Waals surface area contributed by atoms with Crippen LogP contribution in [-0.4, -0.2) is 27.5 Å². The van der Waals surface area contributed by atoms with Gasteiger partial charge in [0.25, 0.3) is 5.91 Å². The van der Waals surface area contributed by atoms with E-state index in [9.17, 15) is 4.79 Å². The van der Waals surface area contributed by atoms with Crippen molar-refractivity contribution in [1.29, 1.82) is 0 Å². The lowest BCUT2D eigenvalue weighted by molar-refractivity contribution is -0.127. The number of carbonyl (C=O) groups is 1. The second kappa shape index (κ2) is 7.09. The average Bonchev–Trinajstić information content (AvgIpc) is 2.98. The zero-order valence-corrected chi connectivity index (χ0v) is 15.2. The van der Waals surface area contributed by atoms with Crippen LogP contribution in [0.3, 0.4) is 0 Å². The van der Waals surface area contributed by atoms with Crippen molar-refractivity contribution in [2.45, 2.75) is 46.1 Å². The number of ether oxygens (including phenoxy) is 1. The molecule has 0 spiro atoms. The molecule has 6 nitrogen and oxygen atoms in total. The van der Waals surface area contributed by atoms with Crippen LogP contribution in [0.2, 0.25) is 0 Å². The minimum atomic E-state index is -0.623. The number of aryl methyl sites for hydroxylation is 2. The monoisotopic (exact) mass is 340 g/mol. The number of rotatable bonds is 4. The SMILES string of the molecule is Cc1cccc(OC(C)C(=O)NN=C2CCCc3c2cnn3C)c1C. The minimum Gasteiger partial charge on any atom is -0.481 e. The second-order valence-corrected chi connectivity index (χ2v) is 6.47. The number of nitrogens with one attached hydrogen (secondary N) is 1. The minimum absolute atomic E-state index is 0.260. The van der Waals surface area contributed by atoms with Crippen LogP contribution in [0.5, 0.6) is 5.75 Å². The molecule has 2 aromatic rings. The van der Waals surface area contributed by atoms with Crippen molar-refractivity contribution in [3.05, 3.63) is 46.8 Å². The van der Waals surface area contributed by atoms with E-state index in [1.807, 2.05) is 50.0 Å². The van der Waals surface area contributed by atoms with Crippen LogP contribution in [0, 0.1) is 13.8 Å². The Labute approximate surface area is 147 Å². The van der Waals surface area contributed by atoms with Gasteiger partial charge in [-0.1, -0.05) is 12.1 Å². The van der Waals surface area contributed by atoms with E-state index < -0.39 is 6.10 Å².